The second-order valence-electron chi connectivity index (χ2n) is 6.58. The highest BCUT2D eigenvalue weighted by Crippen LogP contribution is 2.27. The van der Waals surface area contributed by atoms with Gasteiger partial charge in [-0.15, -0.1) is 5.10 Å². The highest BCUT2D eigenvalue weighted by Gasteiger charge is 2.27. The first-order chi connectivity index (χ1) is 13.8. The topological polar surface area (TPSA) is 80.5 Å². The van der Waals surface area contributed by atoms with Gasteiger partial charge in [0.2, 0.25) is 0 Å². The molecule has 0 aliphatic carbocycles. The fourth-order valence-corrected chi connectivity index (χ4v) is 4.69. The minimum Gasteiger partial charge on any atom is -0.259 e. The lowest BCUT2D eigenvalue weighted by molar-refractivity contribution is 0.589. The summed E-state index contributed by atoms with van der Waals surface area (Å²) in [6.07, 6.45) is 0. The van der Waals surface area contributed by atoms with E-state index in [0.717, 1.165) is 11.4 Å². The standard InChI is InChI=1S/C20H18ClN5O2S/c1-14-11-15(2)26-20(22-14)23-19(24-26)13-25(17-8-6-7-16(21)12-17)29(27,28)18-9-4-3-5-10-18/h3-12H,13H2,1-2H3. The van der Waals surface area contributed by atoms with E-state index in [9.17, 15) is 8.42 Å². The van der Waals surface area contributed by atoms with Gasteiger partial charge in [-0.25, -0.2) is 17.9 Å². The van der Waals surface area contributed by atoms with Crippen molar-refractivity contribution in [3.8, 4) is 0 Å². The zero-order valence-electron chi connectivity index (χ0n) is 15.8. The average molecular weight is 428 g/mol. The van der Waals surface area contributed by atoms with Crippen molar-refractivity contribution in [2.24, 2.45) is 0 Å². The smallest absolute Gasteiger partial charge is 0.259 e. The Morgan fingerprint density at radius 2 is 1.76 bits per heavy atom. The zero-order chi connectivity index (χ0) is 20.6. The van der Waals surface area contributed by atoms with Crippen LogP contribution in [0.2, 0.25) is 5.02 Å². The first kappa shape index (κ1) is 19.4. The fourth-order valence-electron chi connectivity index (χ4n) is 3.07. The number of sulfonamides is 1. The maximum absolute atomic E-state index is 13.4. The lowest BCUT2D eigenvalue weighted by Gasteiger charge is -2.23. The molecule has 2 aromatic carbocycles. The molecule has 4 rings (SSSR count). The third-order valence-electron chi connectivity index (χ3n) is 4.37. The van der Waals surface area contributed by atoms with Gasteiger partial charge >= 0.3 is 0 Å². The molecule has 148 valence electrons. The second-order valence-corrected chi connectivity index (χ2v) is 8.88. The molecular formula is C20H18ClN5O2S. The molecule has 29 heavy (non-hydrogen) atoms. The molecule has 0 amide bonds. The molecule has 0 aliphatic heterocycles. The molecule has 0 unspecified atom stereocenters. The van der Waals surface area contributed by atoms with Crippen LogP contribution in [0.25, 0.3) is 5.78 Å². The van der Waals surface area contributed by atoms with Crippen LogP contribution in [0.4, 0.5) is 5.69 Å². The van der Waals surface area contributed by atoms with Crippen LogP contribution >= 0.6 is 11.6 Å². The molecule has 0 spiro atoms. The lowest BCUT2D eigenvalue weighted by Crippen LogP contribution is -2.31. The van der Waals surface area contributed by atoms with Crippen LogP contribution in [-0.4, -0.2) is 28.0 Å². The molecule has 0 aliphatic rings. The normalized spacial score (nSPS) is 11.7. The minimum absolute atomic E-state index is 0.0561. The first-order valence-corrected chi connectivity index (χ1v) is 10.7. The summed E-state index contributed by atoms with van der Waals surface area (Å²) in [5.74, 6) is 0.770. The maximum Gasteiger partial charge on any atom is 0.264 e. The van der Waals surface area contributed by atoms with Crippen LogP contribution in [0.15, 0.2) is 65.6 Å². The summed E-state index contributed by atoms with van der Waals surface area (Å²) in [6, 6.07) is 16.8. The molecule has 0 atom stereocenters. The number of nitrogens with zero attached hydrogens (tertiary/aromatic N) is 5. The van der Waals surface area contributed by atoms with Crippen molar-refractivity contribution in [2.75, 3.05) is 4.31 Å². The molecule has 0 saturated carbocycles. The number of fused-ring (bicyclic) bond motifs is 1. The van der Waals surface area contributed by atoms with Crippen molar-refractivity contribution in [1.82, 2.24) is 19.6 Å². The van der Waals surface area contributed by atoms with Crippen LogP contribution in [-0.2, 0) is 16.6 Å². The summed E-state index contributed by atoms with van der Waals surface area (Å²) in [6.45, 7) is 3.72. The molecule has 0 radical (unpaired) electrons. The van der Waals surface area contributed by atoms with Gasteiger partial charge in [0, 0.05) is 16.4 Å². The van der Waals surface area contributed by atoms with Crippen LogP contribution in [0.3, 0.4) is 0 Å². The van der Waals surface area contributed by atoms with Crippen molar-refractivity contribution in [2.45, 2.75) is 25.3 Å². The predicted octanol–water partition coefficient (Wildman–Crippen LogP) is 3.79. The minimum atomic E-state index is -3.86. The van der Waals surface area contributed by atoms with Gasteiger partial charge in [-0.3, -0.25) is 4.31 Å². The Kier molecular flexibility index (Phi) is 4.97. The Morgan fingerprint density at radius 1 is 1.00 bits per heavy atom. The van der Waals surface area contributed by atoms with Gasteiger partial charge in [0.05, 0.1) is 17.1 Å². The van der Waals surface area contributed by atoms with Crippen LogP contribution in [0.5, 0.6) is 0 Å². The third kappa shape index (κ3) is 3.81. The van der Waals surface area contributed by atoms with Crippen LogP contribution in [0.1, 0.15) is 17.2 Å². The van der Waals surface area contributed by atoms with Gasteiger partial charge in [0.15, 0.2) is 5.82 Å². The van der Waals surface area contributed by atoms with Gasteiger partial charge in [0.1, 0.15) is 0 Å². The van der Waals surface area contributed by atoms with E-state index < -0.39 is 10.0 Å². The van der Waals surface area contributed by atoms with E-state index in [1.54, 1.807) is 59.1 Å². The highest BCUT2D eigenvalue weighted by molar-refractivity contribution is 7.92. The van der Waals surface area contributed by atoms with E-state index in [-0.39, 0.29) is 11.4 Å². The van der Waals surface area contributed by atoms with Gasteiger partial charge in [-0.1, -0.05) is 35.9 Å². The summed E-state index contributed by atoms with van der Waals surface area (Å²) < 4.78 is 29.6. The maximum atomic E-state index is 13.4. The number of hydrogen-bond donors (Lipinski definition) is 0. The van der Waals surface area contributed by atoms with E-state index in [2.05, 4.69) is 15.1 Å². The molecule has 0 fully saturated rings. The largest absolute Gasteiger partial charge is 0.264 e. The van der Waals surface area contributed by atoms with Gasteiger partial charge in [-0.2, -0.15) is 4.98 Å². The number of aryl methyl sites for hydroxylation is 2. The van der Waals surface area contributed by atoms with Gasteiger partial charge < -0.3 is 0 Å². The number of rotatable bonds is 5. The number of anilines is 1. The fraction of sp³-hybridized carbons (Fsp3) is 0.150. The van der Waals surface area contributed by atoms with Crippen LogP contribution in [0, 0.1) is 13.8 Å². The summed E-state index contributed by atoms with van der Waals surface area (Å²) in [5, 5.41) is 4.89. The van der Waals surface area contributed by atoms with Gasteiger partial charge in [0.25, 0.3) is 15.8 Å². The van der Waals surface area contributed by atoms with Crippen molar-refractivity contribution in [1.29, 1.82) is 0 Å². The molecule has 2 aromatic heterocycles. The summed E-state index contributed by atoms with van der Waals surface area (Å²) in [7, 11) is -3.86. The third-order valence-corrected chi connectivity index (χ3v) is 6.40. The predicted molar refractivity (Wildman–Crippen MR) is 112 cm³/mol. The molecule has 4 aromatic rings. The monoisotopic (exact) mass is 427 g/mol. The lowest BCUT2D eigenvalue weighted by atomic mass is 10.3. The molecule has 2 heterocycles. The Hall–Kier alpha value is -2.97. The second kappa shape index (κ2) is 7.46. The number of benzene rings is 2. The first-order valence-electron chi connectivity index (χ1n) is 8.88. The van der Waals surface area contributed by atoms with E-state index in [1.807, 2.05) is 19.9 Å². The van der Waals surface area contributed by atoms with Crippen LogP contribution < -0.4 is 4.31 Å². The van der Waals surface area contributed by atoms with E-state index >= 15 is 0 Å². The quantitative estimate of drug-likeness (QED) is 0.484. The number of halogens is 1. The highest BCUT2D eigenvalue weighted by atomic mass is 35.5. The van der Waals surface area contributed by atoms with E-state index in [0.29, 0.717) is 22.3 Å². The SMILES string of the molecule is Cc1cc(C)n2nc(CN(c3cccc(Cl)c3)S(=O)(=O)c3ccccc3)nc2n1. The molecule has 9 heteroatoms. The number of aromatic nitrogens is 4. The van der Waals surface area contributed by atoms with Gasteiger partial charge in [-0.05, 0) is 50.2 Å². The van der Waals surface area contributed by atoms with E-state index in [4.69, 9.17) is 11.6 Å². The van der Waals surface area contributed by atoms with Crippen molar-refractivity contribution in [3.05, 3.63) is 82.9 Å². The molecule has 0 N–H and O–H groups in total. The summed E-state index contributed by atoms with van der Waals surface area (Å²) in [5.41, 5.74) is 2.12. The molecular weight excluding hydrogens is 410 g/mol. The van der Waals surface area contributed by atoms with Crippen molar-refractivity contribution < 1.29 is 8.42 Å². The zero-order valence-corrected chi connectivity index (χ0v) is 17.4. The van der Waals surface area contributed by atoms with Crippen molar-refractivity contribution in [3.63, 3.8) is 0 Å². The van der Waals surface area contributed by atoms with E-state index in [1.165, 1.54) is 4.31 Å². The Morgan fingerprint density at radius 3 is 2.48 bits per heavy atom. The summed E-state index contributed by atoms with van der Waals surface area (Å²) in [4.78, 5) is 8.98. The summed E-state index contributed by atoms with van der Waals surface area (Å²) >= 11 is 6.12. The average Bonchev–Trinajstić information content (AvgIpc) is 3.09. The Balaban J connectivity index is 1.82. The number of hydrogen-bond acceptors (Lipinski definition) is 5. The van der Waals surface area contributed by atoms with Crippen molar-refractivity contribution >= 4 is 33.1 Å². The molecule has 0 bridgehead atoms. The Bertz CT molecular complexity index is 1290. The Labute approximate surface area is 173 Å². The molecule has 0 saturated heterocycles. The molecule has 7 nitrogen and oxygen atoms in total.